The first-order chi connectivity index (χ1) is 11.6. The number of nitrogens with one attached hydrogen (secondary N) is 1. The van der Waals surface area contributed by atoms with Gasteiger partial charge in [-0.05, 0) is 54.5 Å². The molecule has 0 bridgehead atoms. The summed E-state index contributed by atoms with van der Waals surface area (Å²) in [7, 11) is 0. The second-order valence-corrected chi connectivity index (χ2v) is 6.58. The molecule has 1 aliphatic heterocycles. The van der Waals surface area contributed by atoms with Crippen molar-refractivity contribution in [3.8, 4) is 0 Å². The van der Waals surface area contributed by atoms with Crippen molar-refractivity contribution >= 4 is 23.0 Å². The molecule has 0 radical (unpaired) electrons. The van der Waals surface area contributed by atoms with Crippen molar-refractivity contribution in [2.45, 2.75) is 13.5 Å². The van der Waals surface area contributed by atoms with Crippen LogP contribution in [0.1, 0.15) is 11.1 Å². The second kappa shape index (κ2) is 7.73. The molecule has 1 N–H and O–H groups in total. The minimum atomic E-state index is -0.184. The van der Waals surface area contributed by atoms with Gasteiger partial charge >= 0.3 is 0 Å². The number of halogens is 1. The molecule has 1 saturated heterocycles. The summed E-state index contributed by atoms with van der Waals surface area (Å²) in [5, 5.41) is 4.10. The van der Waals surface area contributed by atoms with Gasteiger partial charge in [-0.2, -0.15) is 0 Å². The van der Waals surface area contributed by atoms with Crippen LogP contribution in [0.3, 0.4) is 0 Å². The van der Waals surface area contributed by atoms with Crippen molar-refractivity contribution in [2.24, 2.45) is 0 Å². The fourth-order valence-electron chi connectivity index (χ4n) is 2.88. The van der Waals surface area contributed by atoms with E-state index in [9.17, 15) is 4.39 Å². The van der Waals surface area contributed by atoms with Gasteiger partial charge in [0.15, 0.2) is 5.11 Å². The van der Waals surface area contributed by atoms with Crippen LogP contribution in [-0.4, -0.2) is 41.1 Å². The third-order valence-corrected chi connectivity index (χ3v) is 4.61. The van der Waals surface area contributed by atoms with Gasteiger partial charge in [0.05, 0.1) is 0 Å². The summed E-state index contributed by atoms with van der Waals surface area (Å²) in [6.45, 7) is 6.63. The molecule has 1 aliphatic rings. The van der Waals surface area contributed by atoms with Crippen LogP contribution in [0.2, 0.25) is 0 Å². The summed E-state index contributed by atoms with van der Waals surface area (Å²) in [5.41, 5.74) is 3.39. The molecule has 0 unspecified atom stereocenters. The Morgan fingerprint density at radius 1 is 1.08 bits per heavy atom. The Morgan fingerprint density at radius 3 is 2.46 bits per heavy atom. The van der Waals surface area contributed by atoms with Crippen molar-refractivity contribution in [3.63, 3.8) is 0 Å². The van der Waals surface area contributed by atoms with E-state index in [1.807, 2.05) is 24.3 Å². The Morgan fingerprint density at radius 2 is 1.79 bits per heavy atom. The standard InChI is InChI=1S/C19H22FN3S/c1-15-3-2-4-18(13-15)21-19(24)23-11-9-22(10-12-23)14-16-5-7-17(20)8-6-16/h2-8,13H,9-12,14H2,1H3,(H,21,24). The quantitative estimate of drug-likeness (QED) is 0.857. The van der Waals surface area contributed by atoms with Gasteiger partial charge in [-0.25, -0.2) is 4.39 Å². The molecule has 0 aromatic heterocycles. The van der Waals surface area contributed by atoms with Crippen molar-refractivity contribution in [2.75, 3.05) is 31.5 Å². The minimum Gasteiger partial charge on any atom is -0.346 e. The molecule has 2 aromatic carbocycles. The molecule has 0 saturated carbocycles. The van der Waals surface area contributed by atoms with Crippen LogP contribution in [-0.2, 0) is 6.54 Å². The Hall–Kier alpha value is -1.98. The number of anilines is 1. The third kappa shape index (κ3) is 4.52. The van der Waals surface area contributed by atoms with Gasteiger partial charge in [0.2, 0.25) is 0 Å². The number of hydrogen-bond donors (Lipinski definition) is 1. The summed E-state index contributed by atoms with van der Waals surface area (Å²) >= 11 is 5.54. The maximum atomic E-state index is 13.0. The number of hydrogen-bond acceptors (Lipinski definition) is 2. The molecule has 3 rings (SSSR count). The molecule has 126 valence electrons. The smallest absolute Gasteiger partial charge is 0.173 e. The van der Waals surface area contributed by atoms with Gasteiger partial charge in [0.1, 0.15) is 5.82 Å². The number of aryl methyl sites for hydroxylation is 1. The zero-order chi connectivity index (χ0) is 16.9. The van der Waals surface area contributed by atoms with Crippen molar-refractivity contribution in [3.05, 3.63) is 65.5 Å². The van der Waals surface area contributed by atoms with Gasteiger partial charge in [-0.3, -0.25) is 4.90 Å². The summed E-state index contributed by atoms with van der Waals surface area (Å²) in [6, 6.07) is 15.0. The van der Waals surface area contributed by atoms with Crippen molar-refractivity contribution in [1.29, 1.82) is 0 Å². The van der Waals surface area contributed by atoms with E-state index in [0.29, 0.717) is 0 Å². The maximum absolute atomic E-state index is 13.0. The molecule has 1 heterocycles. The van der Waals surface area contributed by atoms with Gasteiger partial charge in [-0.1, -0.05) is 24.3 Å². The molecule has 0 spiro atoms. The predicted molar refractivity (Wildman–Crippen MR) is 101 cm³/mol. The lowest BCUT2D eigenvalue weighted by Crippen LogP contribution is -2.49. The summed E-state index contributed by atoms with van der Waals surface area (Å²) in [6.07, 6.45) is 0. The normalized spacial score (nSPS) is 15.3. The van der Waals surface area contributed by atoms with Crippen LogP contribution in [0, 0.1) is 12.7 Å². The first-order valence-corrected chi connectivity index (χ1v) is 8.60. The van der Waals surface area contributed by atoms with Gasteiger partial charge in [0.25, 0.3) is 0 Å². The summed E-state index contributed by atoms with van der Waals surface area (Å²) in [5.74, 6) is -0.184. The van der Waals surface area contributed by atoms with Crippen LogP contribution in [0.5, 0.6) is 0 Å². The first-order valence-electron chi connectivity index (χ1n) is 8.19. The van der Waals surface area contributed by atoms with Crippen molar-refractivity contribution in [1.82, 2.24) is 9.80 Å². The zero-order valence-electron chi connectivity index (χ0n) is 13.8. The Kier molecular flexibility index (Phi) is 5.43. The first kappa shape index (κ1) is 16.9. The molecule has 2 aromatic rings. The second-order valence-electron chi connectivity index (χ2n) is 6.19. The lowest BCUT2D eigenvalue weighted by atomic mass is 10.2. The average molecular weight is 343 g/mol. The Bertz CT molecular complexity index is 694. The van der Waals surface area contributed by atoms with Gasteiger partial charge < -0.3 is 10.2 Å². The molecule has 5 heteroatoms. The van der Waals surface area contributed by atoms with E-state index in [4.69, 9.17) is 12.2 Å². The van der Waals surface area contributed by atoms with Gasteiger partial charge in [0, 0.05) is 38.4 Å². The average Bonchev–Trinajstić information content (AvgIpc) is 2.57. The molecular formula is C19H22FN3S. The van der Waals surface area contributed by atoms with E-state index in [2.05, 4.69) is 34.2 Å². The van der Waals surface area contributed by atoms with E-state index in [-0.39, 0.29) is 5.82 Å². The largest absolute Gasteiger partial charge is 0.346 e. The van der Waals surface area contributed by atoms with E-state index >= 15 is 0 Å². The van der Waals surface area contributed by atoms with Crippen LogP contribution >= 0.6 is 12.2 Å². The minimum absolute atomic E-state index is 0.184. The molecule has 0 amide bonds. The molecule has 1 fully saturated rings. The molecule has 0 aliphatic carbocycles. The topological polar surface area (TPSA) is 18.5 Å². The lowest BCUT2D eigenvalue weighted by Gasteiger charge is -2.36. The van der Waals surface area contributed by atoms with E-state index in [1.54, 1.807) is 0 Å². The SMILES string of the molecule is Cc1cccc(NC(=S)N2CCN(Cc3ccc(F)cc3)CC2)c1. The number of rotatable bonds is 3. The fraction of sp³-hybridized carbons (Fsp3) is 0.316. The highest BCUT2D eigenvalue weighted by Gasteiger charge is 2.19. The third-order valence-electron chi connectivity index (χ3n) is 4.25. The van der Waals surface area contributed by atoms with Crippen LogP contribution in [0.15, 0.2) is 48.5 Å². The highest BCUT2D eigenvalue weighted by atomic mass is 32.1. The van der Waals surface area contributed by atoms with E-state index in [1.165, 1.54) is 17.7 Å². The Balaban J connectivity index is 1.49. The molecule has 3 nitrogen and oxygen atoms in total. The van der Waals surface area contributed by atoms with Gasteiger partial charge in [-0.15, -0.1) is 0 Å². The number of benzene rings is 2. The molecular weight excluding hydrogens is 321 g/mol. The highest BCUT2D eigenvalue weighted by molar-refractivity contribution is 7.80. The summed E-state index contributed by atoms with van der Waals surface area (Å²) in [4.78, 5) is 4.58. The van der Waals surface area contributed by atoms with E-state index in [0.717, 1.165) is 49.1 Å². The number of nitrogens with zero attached hydrogens (tertiary/aromatic N) is 2. The van der Waals surface area contributed by atoms with Crippen molar-refractivity contribution < 1.29 is 4.39 Å². The van der Waals surface area contributed by atoms with E-state index < -0.39 is 0 Å². The monoisotopic (exact) mass is 343 g/mol. The Labute approximate surface area is 148 Å². The van der Waals surface area contributed by atoms with Crippen LogP contribution < -0.4 is 5.32 Å². The predicted octanol–water partition coefficient (Wildman–Crippen LogP) is 3.65. The zero-order valence-corrected chi connectivity index (χ0v) is 14.7. The lowest BCUT2D eigenvalue weighted by molar-refractivity contribution is 0.177. The molecule has 0 atom stereocenters. The summed E-state index contributed by atoms with van der Waals surface area (Å²) < 4.78 is 13.0. The number of piperazine rings is 1. The maximum Gasteiger partial charge on any atom is 0.173 e. The fourth-order valence-corrected chi connectivity index (χ4v) is 3.18. The number of thiocarbonyl (C=S) groups is 1. The highest BCUT2D eigenvalue weighted by Crippen LogP contribution is 2.13. The molecule has 24 heavy (non-hydrogen) atoms. The van der Waals surface area contributed by atoms with Crippen LogP contribution in [0.4, 0.5) is 10.1 Å². The van der Waals surface area contributed by atoms with Crippen LogP contribution in [0.25, 0.3) is 0 Å².